The number of benzene rings is 2. The van der Waals surface area contributed by atoms with Crippen LogP contribution >= 0.6 is 0 Å². The van der Waals surface area contributed by atoms with Gasteiger partial charge in [0.2, 0.25) is 11.8 Å². The second-order valence-electron chi connectivity index (χ2n) is 6.51. The van der Waals surface area contributed by atoms with Crippen LogP contribution in [-0.4, -0.2) is 11.8 Å². The van der Waals surface area contributed by atoms with Crippen LogP contribution in [0.2, 0.25) is 0 Å². The van der Waals surface area contributed by atoms with Gasteiger partial charge in [0.25, 0.3) is 0 Å². The van der Waals surface area contributed by atoms with Crippen molar-refractivity contribution < 1.29 is 18.4 Å². The van der Waals surface area contributed by atoms with E-state index in [0.717, 1.165) is 23.3 Å². The molecule has 0 radical (unpaired) electrons. The van der Waals surface area contributed by atoms with Crippen molar-refractivity contribution in [1.82, 2.24) is 0 Å². The standard InChI is InChI=1S/C19H20F2N2O2/c1-11-8-12(2)10-13(9-11)22-17(24)19(3,4)18(25)23-16-14(20)6-5-7-15(16)21/h5-10H,1-4H3,(H,22,24)(H,23,25). The van der Waals surface area contributed by atoms with Crippen molar-refractivity contribution in [3.8, 4) is 0 Å². The molecule has 0 aliphatic carbocycles. The van der Waals surface area contributed by atoms with Crippen LogP contribution < -0.4 is 10.6 Å². The van der Waals surface area contributed by atoms with Crippen molar-refractivity contribution in [1.29, 1.82) is 0 Å². The molecule has 2 aromatic rings. The molecule has 0 fully saturated rings. The second kappa shape index (κ2) is 7.01. The van der Waals surface area contributed by atoms with E-state index in [4.69, 9.17) is 0 Å². The molecule has 2 N–H and O–H groups in total. The van der Waals surface area contributed by atoms with Crippen LogP contribution in [0.4, 0.5) is 20.2 Å². The van der Waals surface area contributed by atoms with E-state index in [1.54, 1.807) is 12.1 Å². The maximum Gasteiger partial charge on any atom is 0.239 e. The van der Waals surface area contributed by atoms with Gasteiger partial charge in [0.1, 0.15) is 22.7 Å². The fourth-order valence-corrected chi connectivity index (χ4v) is 2.32. The summed E-state index contributed by atoms with van der Waals surface area (Å²) in [6, 6.07) is 8.75. The van der Waals surface area contributed by atoms with Crippen molar-refractivity contribution in [2.24, 2.45) is 5.41 Å². The van der Waals surface area contributed by atoms with Crippen LogP contribution in [0.1, 0.15) is 25.0 Å². The molecule has 0 aliphatic rings. The Kier molecular flexibility index (Phi) is 5.21. The van der Waals surface area contributed by atoms with E-state index in [1.165, 1.54) is 19.9 Å². The van der Waals surface area contributed by atoms with Gasteiger partial charge >= 0.3 is 0 Å². The molecule has 0 unspecified atom stereocenters. The van der Waals surface area contributed by atoms with Crippen LogP contribution in [0.25, 0.3) is 0 Å². The molecule has 0 atom stereocenters. The third-order valence-corrected chi connectivity index (χ3v) is 3.82. The molecule has 4 nitrogen and oxygen atoms in total. The summed E-state index contributed by atoms with van der Waals surface area (Å²) in [7, 11) is 0. The number of aryl methyl sites for hydroxylation is 2. The lowest BCUT2D eigenvalue weighted by atomic mass is 9.90. The highest BCUT2D eigenvalue weighted by molar-refractivity contribution is 6.14. The van der Waals surface area contributed by atoms with Gasteiger partial charge in [0, 0.05) is 5.69 Å². The van der Waals surface area contributed by atoms with Crippen molar-refractivity contribution in [2.75, 3.05) is 10.6 Å². The van der Waals surface area contributed by atoms with E-state index in [-0.39, 0.29) is 0 Å². The fraction of sp³-hybridized carbons (Fsp3) is 0.263. The van der Waals surface area contributed by atoms with E-state index in [1.807, 2.05) is 19.9 Å². The van der Waals surface area contributed by atoms with Crippen LogP contribution in [0.15, 0.2) is 36.4 Å². The van der Waals surface area contributed by atoms with Gasteiger partial charge in [-0.2, -0.15) is 0 Å². The summed E-state index contributed by atoms with van der Waals surface area (Å²) in [6.07, 6.45) is 0. The van der Waals surface area contributed by atoms with Gasteiger partial charge in [0.15, 0.2) is 0 Å². The molecular weight excluding hydrogens is 326 g/mol. The molecule has 25 heavy (non-hydrogen) atoms. The first-order chi connectivity index (χ1) is 11.6. The van der Waals surface area contributed by atoms with Crippen molar-refractivity contribution in [2.45, 2.75) is 27.7 Å². The van der Waals surface area contributed by atoms with Crippen LogP contribution in [0, 0.1) is 30.9 Å². The Hall–Kier alpha value is -2.76. The molecule has 132 valence electrons. The van der Waals surface area contributed by atoms with Gasteiger partial charge in [-0.3, -0.25) is 9.59 Å². The van der Waals surface area contributed by atoms with Gasteiger partial charge in [-0.15, -0.1) is 0 Å². The topological polar surface area (TPSA) is 58.2 Å². The number of amides is 2. The molecule has 0 heterocycles. The SMILES string of the molecule is Cc1cc(C)cc(NC(=O)C(C)(C)C(=O)Nc2c(F)cccc2F)c1. The predicted molar refractivity (Wildman–Crippen MR) is 93.3 cm³/mol. The van der Waals surface area contributed by atoms with E-state index < -0.39 is 34.6 Å². The number of hydrogen-bond donors (Lipinski definition) is 2. The average molecular weight is 346 g/mol. The zero-order valence-electron chi connectivity index (χ0n) is 14.5. The highest BCUT2D eigenvalue weighted by Gasteiger charge is 2.37. The molecule has 0 saturated heterocycles. The summed E-state index contributed by atoms with van der Waals surface area (Å²) in [4.78, 5) is 24.9. The molecule has 2 rings (SSSR count). The minimum Gasteiger partial charge on any atom is -0.325 e. The number of halogens is 2. The van der Waals surface area contributed by atoms with E-state index in [0.29, 0.717) is 5.69 Å². The molecule has 2 aromatic carbocycles. The quantitative estimate of drug-likeness (QED) is 0.816. The van der Waals surface area contributed by atoms with Crippen molar-refractivity contribution >= 4 is 23.2 Å². The van der Waals surface area contributed by atoms with Gasteiger partial charge in [-0.05, 0) is 63.1 Å². The van der Waals surface area contributed by atoms with Crippen molar-refractivity contribution in [3.63, 3.8) is 0 Å². The normalized spacial score (nSPS) is 11.1. The Labute approximate surface area is 145 Å². The summed E-state index contributed by atoms with van der Waals surface area (Å²) in [6.45, 7) is 6.56. The van der Waals surface area contributed by atoms with Gasteiger partial charge in [0.05, 0.1) is 0 Å². The number of rotatable bonds is 4. The first-order valence-corrected chi connectivity index (χ1v) is 7.76. The predicted octanol–water partition coefficient (Wildman–Crippen LogP) is 4.19. The highest BCUT2D eigenvalue weighted by atomic mass is 19.1. The van der Waals surface area contributed by atoms with Gasteiger partial charge < -0.3 is 10.6 Å². The smallest absolute Gasteiger partial charge is 0.239 e. The fourth-order valence-electron chi connectivity index (χ4n) is 2.32. The molecule has 0 saturated carbocycles. The van der Waals surface area contributed by atoms with Crippen LogP contribution in [0.3, 0.4) is 0 Å². The van der Waals surface area contributed by atoms with Gasteiger partial charge in [-0.1, -0.05) is 12.1 Å². The molecule has 0 bridgehead atoms. The third-order valence-electron chi connectivity index (χ3n) is 3.82. The molecule has 0 spiro atoms. The maximum absolute atomic E-state index is 13.7. The lowest BCUT2D eigenvalue weighted by molar-refractivity contribution is -0.135. The lowest BCUT2D eigenvalue weighted by Gasteiger charge is -2.23. The molecular formula is C19H20F2N2O2. The Bertz CT molecular complexity index is 792. The van der Waals surface area contributed by atoms with Crippen LogP contribution in [-0.2, 0) is 9.59 Å². The zero-order chi connectivity index (χ0) is 18.8. The second-order valence-corrected chi connectivity index (χ2v) is 6.51. The summed E-state index contributed by atoms with van der Waals surface area (Å²) in [5.74, 6) is -3.19. The summed E-state index contributed by atoms with van der Waals surface area (Å²) < 4.78 is 27.4. The van der Waals surface area contributed by atoms with Crippen molar-refractivity contribution in [3.05, 3.63) is 59.2 Å². The Morgan fingerprint density at radius 2 is 1.36 bits per heavy atom. The number of carbonyl (C=O) groups is 2. The van der Waals surface area contributed by atoms with E-state index in [9.17, 15) is 18.4 Å². The maximum atomic E-state index is 13.7. The number of carbonyl (C=O) groups excluding carboxylic acids is 2. The highest BCUT2D eigenvalue weighted by Crippen LogP contribution is 2.25. The molecule has 2 amide bonds. The number of hydrogen-bond acceptors (Lipinski definition) is 2. The Morgan fingerprint density at radius 1 is 0.880 bits per heavy atom. The molecule has 0 aliphatic heterocycles. The molecule has 0 aromatic heterocycles. The van der Waals surface area contributed by atoms with E-state index in [2.05, 4.69) is 10.6 Å². The molecule has 6 heteroatoms. The van der Waals surface area contributed by atoms with Crippen LogP contribution in [0.5, 0.6) is 0 Å². The minimum absolute atomic E-state index is 0.556. The Balaban J connectivity index is 2.18. The summed E-state index contributed by atoms with van der Waals surface area (Å²) in [5.41, 5.74) is 0.379. The number of anilines is 2. The largest absolute Gasteiger partial charge is 0.325 e. The Morgan fingerprint density at radius 3 is 1.88 bits per heavy atom. The first kappa shape index (κ1) is 18.6. The number of para-hydroxylation sites is 1. The van der Waals surface area contributed by atoms with Gasteiger partial charge in [-0.25, -0.2) is 8.78 Å². The lowest BCUT2D eigenvalue weighted by Crippen LogP contribution is -2.42. The zero-order valence-corrected chi connectivity index (χ0v) is 14.5. The van der Waals surface area contributed by atoms with E-state index >= 15 is 0 Å². The monoisotopic (exact) mass is 346 g/mol. The third kappa shape index (κ3) is 4.21. The number of nitrogens with one attached hydrogen (secondary N) is 2. The minimum atomic E-state index is -1.54. The first-order valence-electron chi connectivity index (χ1n) is 7.76. The average Bonchev–Trinajstić information content (AvgIpc) is 2.49. The summed E-state index contributed by atoms with van der Waals surface area (Å²) >= 11 is 0. The summed E-state index contributed by atoms with van der Waals surface area (Å²) in [5, 5.41) is 4.83.